The van der Waals surface area contributed by atoms with Crippen LogP contribution in [0.5, 0.6) is 5.75 Å². The molecule has 2 aromatic carbocycles. The molecule has 0 unspecified atom stereocenters. The summed E-state index contributed by atoms with van der Waals surface area (Å²) in [5.74, 6) is 0.604. The average Bonchev–Trinajstić information content (AvgIpc) is 3.47. The van der Waals surface area contributed by atoms with Crippen molar-refractivity contribution in [2.75, 3.05) is 11.4 Å². The molecule has 34 heavy (non-hydrogen) atoms. The summed E-state index contributed by atoms with van der Waals surface area (Å²) in [6, 6.07) is 18.9. The molecule has 2 aromatic heterocycles. The van der Waals surface area contributed by atoms with Gasteiger partial charge in [0.2, 0.25) is 5.91 Å². The molecular formula is C27H26N4O3. The van der Waals surface area contributed by atoms with E-state index in [-0.39, 0.29) is 11.8 Å². The minimum atomic E-state index is -0.174. The zero-order valence-electron chi connectivity index (χ0n) is 19.0. The average molecular weight is 455 g/mol. The Morgan fingerprint density at radius 2 is 1.94 bits per heavy atom. The van der Waals surface area contributed by atoms with E-state index in [9.17, 15) is 9.59 Å². The van der Waals surface area contributed by atoms with Gasteiger partial charge in [0.05, 0.1) is 5.69 Å². The molecule has 1 N–H and O–H groups in total. The first-order valence-electron chi connectivity index (χ1n) is 11.4. The van der Waals surface area contributed by atoms with E-state index < -0.39 is 0 Å². The lowest BCUT2D eigenvalue weighted by Crippen LogP contribution is -2.24. The first-order chi connectivity index (χ1) is 16.5. The fourth-order valence-corrected chi connectivity index (χ4v) is 4.11. The Morgan fingerprint density at radius 1 is 1.09 bits per heavy atom. The Hall–Kier alpha value is -4.13. The second-order valence-corrected chi connectivity index (χ2v) is 8.52. The van der Waals surface area contributed by atoms with E-state index in [1.807, 2.05) is 66.2 Å². The lowest BCUT2D eigenvalue weighted by atomic mass is 10.1. The van der Waals surface area contributed by atoms with Crippen molar-refractivity contribution in [2.45, 2.75) is 32.9 Å². The van der Waals surface area contributed by atoms with Crippen molar-refractivity contribution >= 4 is 23.1 Å². The van der Waals surface area contributed by atoms with Crippen LogP contribution >= 0.6 is 0 Å². The molecule has 3 heterocycles. The van der Waals surface area contributed by atoms with Gasteiger partial charge in [0.1, 0.15) is 18.0 Å². The first-order valence-corrected chi connectivity index (χ1v) is 11.4. The van der Waals surface area contributed by atoms with Crippen molar-refractivity contribution in [1.29, 1.82) is 0 Å². The number of pyridine rings is 1. The number of fused-ring (bicyclic) bond motifs is 1. The van der Waals surface area contributed by atoms with Gasteiger partial charge in [-0.2, -0.15) is 0 Å². The van der Waals surface area contributed by atoms with Crippen LogP contribution in [0.1, 0.15) is 40.0 Å². The van der Waals surface area contributed by atoms with Gasteiger partial charge in [0, 0.05) is 43.2 Å². The fourth-order valence-electron chi connectivity index (χ4n) is 4.11. The standard InChI is InChI=1S/C27H26N4O3/c1-19-7-12-25-29-22(17-30(25)16-19)18-34-24-5-2-4-21(14-24)27(33)28-15-20-8-10-23(11-9-20)31-13-3-6-26(31)32/h2,4-5,7-12,14,16-17H,3,6,13,15,18H2,1H3,(H,28,33). The van der Waals surface area contributed by atoms with Crippen LogP contribution in [0.2, 0.25) is 0 Å². The molecule has 7 nitrogen and oxygen atoms in total. The molecule has 0 radical (unpaired) electrons. The Kier molecular flexibility index (Phi) is 5.99. The molecule has 0 spiro atoms. The highest BCUT2D eigenvalue weighted by molar-refractivity contribution is 5.95. The van der Waals surface area contributed by atoms with E-state index in [0.717, 1.165) is 41.1 Å². The summed E-state index contributed by atoms with van der Waals surface area (Å²) >= 11 is 0. The SMILES string of the molecule is Cc1ccc2nc(COc3cccc(C(=O)NCc4ccc(N5CCCC5=O)cc4)c3)cn2c1. The second kappa shape index (κ2) is 9.39. The van der Waals surface area contributed by atoms with Crippen LogP contribution in [0.4, 0.5) is 5.69 Å². The summed E-state index contributed by atoms with van der Waals surface area (Å²) in [5.41, 5.74) is 5.26. The number of nitrogens with one attached hydrogen (secondary N) is 1. The lowest BCUT2D eigenvalue weighted by Gasteiger charge is -2.16. The molecular weight excluding hydrogens is 428 g/mol. The summed E-state index contributed by atoms with van der Waals surface area (Å²) in [6.45, 7) is 3.53. The number of amides is 2. The van der Waals surface area contributed by atoms with Crippen molar-refractivity contribution in [3.63, 3.8) is 0 Å². The van der Waals surface area contributed by atoms with Crippen LogP contribution in [0.3, 0.4) is 0 Å². The van der Waals surface area contributed by atoms with Crippen molar-refractivity contribution in [3.8, 4) is 5.75 Å². The van der Waals surface area contributed by atoms with Crippen LogP contribution in [0.15, 0.2) is 73.1 Å². The smallest absolute Gasteiger partial charge is 0.251 e. The van der Waals surface area contributed by atoms with Gasteiger partial charge in [-0.3, -0.25) is 9.59 Å². The van der Waals surface area contributed by atoms with Gasteiger partial charge in [-0.15, -0.1) is 0 Å². The number of aromatic nitrogens is 2. The molecule has 7 heteroatoms. The molecule has 4 aromatic rings. The highest BCUT2D eigenvalue weighted by atomic mass is 16.5. The quantitative estimate of drug-likeness (QED) is 0.452. The van der Waals surface area contributed by atoms with Gasteiger partial charge >= 0.3 is 0 Å². The number of anilines is 1. The van der Waals surface area contributed by atoms with Crippen LogP contribution in [-0.4, -0.2) is 27.7 Å². The molecule has 0 bridgehead atoms. The number of benzene rings is 2. The molecule has 0 atom stereocenters. The predicted octanol–water partition coefficient (Wildman–Crippen LogP) is 4.28. The van der Waals surface area contributed by atoms with Gasteiger partial charge in [0.25, 0.3) is 5.91 Å². The highest BCUT2D eigenvalue weighted by Gasteiger charge is 2.21. The van der Waals surface area contributed by atoms with E-state index in [0.29, 0.717) is 30.9 Å². The molecule has 172 valence electrons. The maximum Gasteiger partial charge on any atom is 0.251 e. The zero-order valence-corrected chi connectivity index (χ0v) is 19.0. The highest BCUT2D eigenvalue weighted by Crippen LogP contribution is 2.22. The van der Waals surface area contributed by atoms with Crippen LogP contribution in [-0.2, 0) is 17.9 Å². The minimum absolute atomic E-state index is 0.166. The van der Waals surface area contributed by atoms with Crippen molar-refractivity contribution in [2.24, 2.45) is 0 Å². The summed E-state index contributed by atoms with van der Waals surface area (Å²) in [6.07, 6.45) is 5.48. The summed E-state index contributed by atoms with van der Waals surface area (Å²) < 4.78 is 7.87. The van der Waals surface area contributed by atoms with E-state index in [4.69, 9.17) is 4.74 Å². The lowest BCUT2D eigenvalue weighted by molar-refractivity contribution is -0.117. The number of ether oxygens (including phenoxy) is 1. The topological polar surface area (TPSA) is 75.9 Å². The van der Waals surface area contributed by atoms with E-state index in [1.165, 1.54) is 0 Å². The van der Waals surface area contributed by atoms with Crippen molar-refractivity contribution in [3.05, 3.63) is 95.4 Å². The Labute approximate surface area is 198 Å². The number of imidazole rings is 1. The fraction of sp³-hybridized carbons (Fsp3) is 0.222. The Morgan fingerprint density at radius 3 is 2.74 bits per heavy atom. The molecule has 1 aliphatic rings. The van der Waals surface area contributed by atoms with Gasteiger partial charge in [0.15, 0.2) is 0 Å². The zero-order chi connectivity index (χ0) is 23.5. The first kappa shape index (κ1) is 21.7. The number of rotatable bonds is 7. The molecule has 1 fully saturated rings. The largest absolute Gasteiger partial charge is 0.487 e. The molecule has 5 rings (SSSR count). The normalized spacial score (nSPS) is 13.4. The summed E-state index contributed by atoms with van der Waals surface area (Å²) in [4.78, 5) is 30.9. The molecule has 0 saturated carbocycles. The third kappa shape index (κ3) is 4.78. The van der Waals surface area contributed by atoms with E-state index in [2.05, 4.69) is 10.3 Å². The number of carbonyl (C=O) groups excluding carboxylic acids is 2. The number of aryl methyl sites for hydroxylation is 1. The monoisotopic (exact) mass is 454 g/mol. The minimum Gasteiger partial charge on any atom is -0.487 e. The number of nitrogens with zero attached hydrogens (tertiary/aromatic N) is 3. The van der Waals surface area contributed by atoms with Gasteiger partial charge in [-0.25, -0.2) is 4.98 Å². The van der Waals surface area contributed by atoms with Crippen LogP contribution in [0, 0.1) is 6.92 Å². The maximum absolute atomic E-state index is 12.7. The number of hydrogen-bond acceptors (Lipinski definition) is 4. The van der Waals surface area contributed by atoms with E-state index in [1.54, 1.807) is 23.1 Å². The molecule has 1 aliphatic heterocycles. The second-order valence-electron chi connectivity index (χ2n) is 8.52. The van der Waals surface area contributed by atoms with Gasteiger partial charge in [-0.1, -0.05) is 24.3 Å². The van der Waals surface area contributed by atoms with Crippen molar-refractivity contribution in [1.82, 2.24) is 14.7 Å². The molecule has 2 amide bonds. The van der Waals surface area contributed by atoms with Crippen LogP contribution in [0.25, 0.3) is 5.65 Å². The van der Waals surface area contributed by atoms with Crippen molar-refractivity contribution < 1.29 is 14.3 Å². The Balaban J connectivity index is 1.17. The third-order valence-electron chi connectivity index (χ3n) is 5.91. The van der Waals surface area contributed by atoms with Gasteiger partial charge in [-0.05, 0) is 60.9 Å². The van der Waals surface area contributed by atoms with E-state index >= 15 is 0 Å². The predicted molar refractivity (Wildman–Crippen MR) is 130 cm³/mol. The maximum atomic E-state index is 12.7. The Bertz CT molecular complexity index is 1340. The number of carbonyl (C=O) groups is 2. The summed E-state index contributed by atoms with van der Waals surface area (Å²) in [5, 5.41) is 2.95. The number of hydrogen-bond donors (Lipinski definition) is 1. The summed E-state index contributed by atoms with van der Waals surface area (Å²) in [7, 11) is 0. The van der Waals surface area contributed by atoms with Gasteiger partial charge < -0.3 is 19.4 Å². The third-order valence-corrected chi connectivity index (χ3v) is 5.91. The van der Waals surface area contributed by atoms with Crippen LogP contribution < -0.4 is 15.0 Å². The molecule has 0 aliphatic carbocycles. The molecule has 1 saturated heterocycles.